The van der Waals surface area contributed by atoms with Gasteiger partial charge in [-0.05, 0) is 19.1 Å². The molecule has 66 valence electrons. The van der Waals surface area contributed by atoms with Crippen LogP contribution in [0.3, 0.4) is 0 Å². The fourth-order valence-electron chi connectivity index (χ4n) is 0.885. The standard InChI is InChI=1S/C8H8F3N/c1-5-6(9)3-4-7(8(5)10)12(2)11/h3-4H,1-2H3. The number of benzene rings is 1. The van der Waals surface area contributed by atoms with Gasteiger partial charge in [0.15, 0.2) is 5.82 Å². The van der Waals surface area contributed by atoms with E-state index in [2.05, 4.69) is 0 Å². The smallest absolute Gasteiger partial charge is 0.154 e. The normalized spacial score (nSPS) is 10.1. The minimum Gasteiger partial charge on any atom is -0.212 e. The zero-order chi connectivity index (χ0) is 9.30. The molecular weight excluding hydrogens is 167 g/mol. The van der Waals surface area contributed by atoms with Gasteiger partial charge < -0.3 is 0 Å². The molecule has 1 rings (SSSR count). The second-order valence-electron chi connectivity index (χ2n) is 2.48. The molecular formula is C8H8F3N. The lowest BCUT2D eigenvalue weighted by molar-refractivity contribution is 0.459. The van der Waals surface area contributed by atoms with Gasteiger partial charge in [0, 0.05) is 12.6 Å². The number of anilines is 1. The summed E-state index contributed by atoms with van der Waals surface area (Å²) in [6, 6.07) is 2.08. The van der Waals surface area contributed by atoms with Crippen LogP contribution in [0.1, 0.15) is 5.56 Å². The van der Waals surface area contributed by atoms with Crippen LogP contribution in [0.25, 0.3) is 0 Å². The van der Waals surface area contributed by atoms with Crippen molar-refractivity contribution in [1.82, 2.24) is 0 Å². The first-order valence-electron chi connectivity index (χ1n) is 3.38. The van der Waals surface area contributed by atoms with Gasteiger partial charge in [-0.15, -0.1) is 4.48 Å². The lowest BCUT2D eigenvalue weighted by Gasteiger charge is -2.09. The van der Waals surface area contributed by atoms with Crippen LogP contribution in [-0.2, 0) is 0 Å². The van der Waals surface area contributed by atoms with Crippen molar-refractivity contribution in [3.8, 4) is 0 Å². The van der Waals surface area contributed by atoms with Crippen molar-refractivity contribution in [2.45, 2.75) is 6.92 Å². The van der Waals surface area contributed by atoms with Gasteiger partial charge in [-0.25, -0.2) is 13.9 Å². The third-order valence-electron chi connectivity index (χ3n) is 1.63. The molecule has 0 unspecified atom stereocenters. The highest BCUT2D eigenvalue weighted by molar-refractivity contribution is 5.47. The number of rotatable bonds is 1. The highest BCUT2D eigenvalue weighted by Gasteiger charge is 2.12. The third kappa shape index (κ3) is 1.37. The van der Waals surface area contributed by atoms with E-state index in [9.17, 15) is 13.3 Å². The van der Waals surface area contributed by atoms with E-state index >= 15 is 0 Å². The predicted octanol–water partition coefficient (Wildman–Crippen LogP) is 2.59. The van der Waals surface area contributed by atoms with Gasteiger partial charge in [0.2, 0.25) is 0 Å². The zero-order valence-corrected chi connectivity index (χ0v) is 6.74. The van der Waals surface area contributed by atoms with Crippen molar-refractivity contribution in [2.24, 2.45) is 0 Å². The Labute approximate surface area is 68.4 Å². The average molecular weight is 175 g/mol. The zero-order valence-electron chi connectivity index (χ0n) is 6.74. The van der Waals surface area contributed by atoms with E-state index in [0.717, 1.165) is 19.2 Å². The highest BCUT2D eigenvalue weighted by Crippen LogP contribution is 2.22. The maximum Gasteiger partial charge on any atom is 0.154 e. The molecule has 4 heteroatoms. The van der Waals surface area contributed by atoms with E-state index in [1.807, 2.05) is 0 Å². The maximum absolute atomic E-state index is 13.0. The van der Waals surface area contributed by atoms with Crippen LogP contribution in [0.5, 0.6) is 0 Å². The maximum atomic E-state index is 13.0. The molecule has 0 aliphatic carbocycles. The van der Waals surface area contributed by atoms with Crippen molar-refractivity contribution in [3.05, 3.63) is 29.3 Å². The van der Waals surface area contributed by atoms with Gasteiger partial charge in [0.05, 0.1) is 0 Å². The summed E-state index contributed by atoms with van der Waals surface area (Å²) in [6.45, 7) is 1.26. The molecule has 0 N–H and O–H groups in total. The summed E-state index contributed by atoms with van der Waals surface area (Å²) >= 11 is 0. The average Bonchev–Trinajstić information content (AvgIpc) is 2.00. The van der Waals surface area contributed by atoms with Crippen LogP contribution >= 0.6 is 0 Å². The highest BCUT2D eigenvalue weighted by atomic mass is 19.2. The molecule has 0 heterocycles. The molecule has 0 saturated carbocycles. The number of hydrogen-bond acceptors (Lipinski definition) is 1. The summed E-state index contributed by atoms with van der Waals surface area (Å²) in [5.74, 6) is -1.53. The van der Waals surface area contributed by atoms with E-state index in [1.165, 1.54) is 6.92 Å². The Balaban J connectivity index is 3.27. The van der Waals surface area contributed by atoms with Crippen LogP contribution in [0.2, 0.25) is 0 Å². The second kappa shape index (κ2) is 3.05. The van der Waals surface area contributed by atoms with Gasteiger partial charge >= 0.3 is 0 Å². The molecule has 12 heavy (non-hydrogen) atoms. The van der Waals surface area contributed by atoms with Gasteiger partial charge in [-0.2, -0.15) is 0 Å². The Hall–Kier alpha value is -1.19. The van der Waals surface area contributed by atoms with Crippen LogP contribution in [0, 0.1) is 18.6 Å². The van der Waals surface area contributed by atoms with Gasteiger partial charge in [-0.3, -0.25) is 0 Å². The first-order valence-corrected chi connectivity index (χ1v) is 3.38. The Bertz CT molecular complexity index is 297. The third-order valence-corrected chi connectivity index (χ3v) is 1.63. The lowest BCUT2D eigenvalue weighted by Crippen LogP contribution is -2.06. The molecule has 0 aromatic heterocycles. The first-order chi connectivity index (χ1) is 5.54. The van der Waals surface area contributed by atoms with E-state index in [0.29, 0.717) is 0 Å². The Morgan fingerprint density at radius 2 is 1.83 bits per heavy atom. The van der Waals surface area contributed by atoms with E-state index in [1.54, 1.807) is 0 Å². The van der Waals surface area contributed by atoms with Crippen molar-refractivity contribution < 1.29 is 13.3 Å². The van der Waals surface area contributed by atoms with Crippen molar-refractivity contribution in [2.75, 3.05) is 12.2 Å². The molecule has 0 aliphatic heterocycles. The van der Waals surface area contributed by atoms with Crippen LogP contribution in [-0.4, -0.2) is 7.05 Å². The van der Waals surface area contributed by atoms with E-state index in [4.69, 9.17) is 0 Å². The predicted molar refractivity (Wildman–Crippen MR) is 40.6 cm³/mol. The minimum atomic E-state index is -0.861. The number of halogens is 3. The second-order valence-corrected chi connectivity index (χ2v) is 2.48. The molecule has 1 aromatic carbocycles. The molecule has 0 saturated heterocycles. The fourth-order valence-corrected chi connectivity index (χ4v) is 0.885. The number of nitrogens with zero attached hydrogens (tertiary/aromatic N) is 1. The molecule has 1 nitrogen and oxygen atoms in total. The summed E-state index contributed by atoms with van der Waals surface area (Å²) in [6.07, 6.45) is 0. The largest absolute Gasteiger partial charge is 0.212 e. The summed E-state index contributed by atoms with van der Waals surface area (Å²) < 4.78 is 38.1. The molecule has 0 amide bonds. The van der Waals surface area contributed by atoms with Crippen LogP contribution in [0.15, 0.2) is 12.1 Å². The summed E-state index contributed by atoms with van der Waals surface area (Å²) in [5.41, 5.74) is -0.425. The summed E-state index contributed by atoms with van der Waals surface area (Å²) in [4.78, 5) is 0. The SMILES string of the molecule is Cc1c(F)ccc(N(C)F)c1F. The Morgan fingerprint density at radius 3 is 2.33 bits per heavy atom. The minimum absolute atomic E-state index is 0.113. The van der Waals surface area contributed by atoms with Crippen molar-refractivity contribution in [3.63, 3.8) is 0 Å². The number of hydrogen-bond donors (Lipinski definition) is 0. The monoisotopic (exact) mass is 175 g/mol. The molecule has 0 fully saturated rings. The molecule has 0 aliphatic rings. The Kier molecular flexibility index (Phi) is 2.26. The fraction of sp³-hybridized carbons (Fsp3) is 0.250. The van der Waals surface area contributed by atoms with Crippen molar-refractivity contribution in [1.29, 1.82) is 0 Å². The van der Waals surface area contributed by atoms with Crippen LogP contribution in [0.4, 0.5) is 18.9 Å². The Morgan fingerprint density at radius 1 is 1.25 bits per heavy atom. The first kappa shape index (κ1) is 8.90. The quantitative estimate of drug-likeness (QED) is 0.593. The topological polar surface area (TPSA) is 3.24 Å². The van der Waals surface area contributed by atoms with E-state index in [-0.39, 0.29) is 16.4 Å². The van der Waals surface area contributed by atoms with Crippen molar-refractivity contribution >= 4 is 5.69 Å². The van der Waals surface area contributed by atoms with Gasteiger partial charge in [0.25, 0.3) is 0 Å². The molecule has 0 radical (unpaired) electrons. The van der Waals surface area contributed by atoms with E-state index < -0.39 is 11.6 Å². The lowest BCUT2D eigenvalue weighted by atomic mass is 10.2. The molecule has 0 bridgehead atoms. The summed E-state index contributed by atoms with van der Waals surface area (Å²) in [7, 11) is 1.05. The molecule has 0 spiro atoms. The van der Waals surface area contributed by atoms with Gasteiger partial charge in [-0.1, -0.05) is 0 Å². The summed E-state index contributed by atoms with van der Waals surface area (Å²) in [5, 5.41) is 0.113. The van der Waals surface area contributed by atoms with Crippen LogP contribution < -0.4 is 5.12 Å². The molecule has 0 atom stereocenters. The molecule has 1 aromatic rings. The van der Waals surface area contributed by atoms with Gasteiger partial charge in [0.1, 0.15) is 11.5 Å².